The lowest BCUT2D eigenvalue weighted by Gasteiger charge is -2.22. The van der Waals surface area contributed by atoms with Crippen LogP contribution in [0.25, 0.3) is 0 Å². The van der Waals surface area contributed by atoms with Gasteiger partial charge in [0.15, 0.2) is 0 Å². The summed E-state index contributed by atoms with van der Waals surface area (Å²) < 4.78 is 25.0. The quantitative estimate of drug-likeness (QED) is 0.720. The predicted octanol–water partition coefficient (Wildman–Crippen LogP) is 1.40. The van der Waals surface area contributed by atoms with E-state index < -0.39 is 22.5 Å². The van der Waals surface area contributed by atoms with Crippen molar-refractivity contribution in [2.24, 2.45) is 11.8 Å². The van der Waals surface area contributed by atoms with Crippen molar-refractivity contribution in [3.63, 3.8) is 0 Å². The monoisotopic (exact) mass is 265 g/mol. The van der Waals surface area contributed by atoms with Crippen LogP contribution in [0.1, 0.15) is 34.1 Å². The summed E-state index contributed by atoms with van der Waals surface area (Å²) in [6, 6.07) is 0. The molecular formula is C11H23NO4S. The van der Waals surface area contributed by atoms with Crippen molar-refractivity contribution < 1.29 is 18.3 Å². The molecule has 0 rings (SSSR count). The lowest BCUT2D eigenvalue weighted by molar-refractivity contribution is -0.137. The highest BCUT2D eigenvalue weighted by Crippen LogP contribution is 2.10. The number of carboxylic acid groups (broad SMARTS) is 1. The van der Waals surface area contributed by atoms with Gasteiger partial charge in [0.2, 0.25) is 10.0 Å². The lowest BCUT2D eigenvalue weighted by atomic mass is 10.2. The van der Waals surface area contributed by atoms with Crippen LogP contribution in [0.4, 0.5) is 0 Å². The van der Waals surface area contributed by atoms with E-state index in [4.69, 9.17) is 5.11 Å². The van der Waals surface area contributed by atoms with Crippen LogP contribution in [0.2, 0.25) is 0 Å². The molecule has 0 saturated heterocycles. The maximum atomic E-state index is 12.0. The van der Waals surface area contributed by atoms with E-state index >= 15 is 0 Å². The van der Waals surface area contributed by atoms with Gasteiger partial charge in [-0.2, -0.15) is 4.31 Å². The van der Waals surface area contributed by atoms with Crippen LogP contribution >= 0.6 is 0 Å². The molecule has 1 N–H and O–H groups in total. The van der Waals surface area contributed by atoms with E-state index in [1.165, 1.54) is 0 Å². The number of sulfonamides is 1. The minimum Gasteiger partial charge on any atom is -0.480 e. The fraction of sp³-hybridized carbons (Fsp3) is 0.909. The third-order valence-corrected chi connectivity index (χ3v) is 4.04. The van der Waals surface area contributed by atoms with E-state index in [2.05, 4.69) is 0 Å². The van der Waals surface area contributed by atoms with E-state index in [0.717, 1.165) is 4.31 Å². The fourth-order valence-corrected chi connectivity index (χ4v) is 3.21. The van der Waals surface area contributed by atoms with Gasteiger partial charge in [-0.1, -0.05) is 27.7 Å². The Labute approximate surface area is 104 Å². The molecule has 0 aliphatic carbocycles. The molecule has 0 spiro atoms. The Morgan fingerprint density at radius 2 is 1.71 bits per heavy atom. The zero-order valence-corrected chi connectivity index (χ0v) is 11.8. The Bertz CT molecular complexity index is 335. The van der Waals surface area contributed by atoms with E-state index in [0.29, 0.717) is 6.42 Å². The second kappa shape index (κ2) is 6.96. The number of carboxylic acids is 1. The first kappa shape index (κ1) is 16.4. The Morgan fingerprint density at radius 1 is 1.18 bits per heavy atom. The predicted molar refractivity (Wildman–Crippen MR) is 67.3 cm³/mol. The molecule has 0 aliphatic heterocycles. The minimum atomic E-state index is -3.46. The number of hydrogen-bond donors (Lipinski definition) is 1. The number of hydrogen-bond acceptors (Lipinski definition) is 3. The summed E-state index contributed by atoms with van der Waals surface area (Å²) in [4.78, 5) is 10.7. The van der Waals surface area contributed by atoms with E-state index in [1.54, 1.807) is 0 Å². The first-order chi connectivity index (χ1) is 7.65. The zero-order chi connectivity index (χ0) is 13.6. The molecule has 102 valence electrons. The standard InChI is InChI=1S/C11H23NO4S/c1-9(2)5-6-17(15,16)12(7-10(3)4)8-11(13)14/h9-10H,5-8H2,1-4H3,(H,13,14). The van der Waals surface area contributed by atoms with Gasteiger partial charge in [0, 0.05) is 6.54 Å². The molecule has 5 nitrogen and oxygen atoms in total. The highest BCUT2D eigenvalue weighted by atomic mass is 32.2. The van der Waals surface area contributed by atoms with E-state index in [-0.39, 0.29) is 24.1 Å². The Balaban J connectivity index is 4.70. The number of carbonyl (C=O) groups is 1. The molecule has 0 fully saturated rings. The van der Waals surface area contributed by atoms with Crippen LogP contribution in [-0.4, -0.2) is 42.6 Å². The molecule has 0 aromatic carbocycles. The third-order valence-electron chi connectivity index (χ3n) is 2.23. The average molecular weight is 265 g/mol. The molecule has 0 aromatic heterocycles. The van der Waals surface area contributed by atoms with Crippen molar-refractivity contribution in [1.82, 2.24) is 4.31 Å². The largest absolute Gasteiger partial charge is 0.480 e. The zero-order valence-electron chi connectivity index (χ0n) is 11.0. The first-order valence-electron chi connectivity index (χ1n) is 5.84. The second-order valence-electron chi connectivity index (χ2n) is 5.08. The van der Waals surface area contributed by atoms with Crippen molar-refractivity contribution in [1.29, 1.82) is 0 Å². The molecule has 0 atom stereocenters. The van der Waals surface area contributed by atoms with Crippen LogP contribution in [0, 0.1) is 11.8 Å². The Morgan fingerprint density at radius 3 is 2.06 bits per heavy atom. The van der Waals surface area contributed by atoms with Crippen LogP contribution in [0.3, 0.4) is 0 Å². The van der Waals surface area contributed by atoms with Gasteiger partial charge in [-0.25, -0.2) is 8.42 Å². The molecule has 0 radical (unpaired) electrons. The molecule has 17 heavy (non-hydrogen) atoms. The molecule has 0 saturated carbocycles. The van der Waals surface area contributed by atoms with E-state index in [1.807, 2.05) is 27.7 Å². The molecule has 0 amide bonds. The highest BCUT2D eigenvalue weighted by Gasteiger charge is 2.25. The lowest BCUT2D eigenvalue weighted by Crippen LogP contribution is -2.39. The van der Waals surface area contributed by atoms with Gasteiger partial charge in [-0.15, -0.1) is 0 Å². The summed E-state index contributed by atoms with van der Waals surface area (Å²) in [5.41, 5.74) is 0. The highest BCUT2D eigenvalue weighted by molar-refractivity contribution is 7.89. The fourth-order valence-electron chi connectivity index (χ4n) is 1.35. The SMILES string of the molecule is CC(C)CCS(=O)(=O)N(CC(=O)O)CC(C)C. The molecule has 0 unspecified atom stereocenters. The number of nitrogens with zero attached hydrogens (tertiary/aromatic N) is 1. The van der Waals surface area contributed by atoms with Gasteiger partial charge in [-0.3, -0.25) is 4.79 Å². The van der Waals surface area contributed by atoms with Gasteiger partial charge < -0.3 is 5.11 Å². The summed E-state index contributed by atoms with van der Waals surface area (Å²) in [7, 11) is -3.46. The van der Waals surface area contributed by atoms with E-state index in [9.17, 15) is 13.2 Å². The van der Waals surface area contributed by atoms with Crippen LogP contribution in [-0.2, 0) is 14.8 Å². The summed E-state index contributed by atoms with van der Waals surface area (Å²) in [6.45, 7) is 7.43. The molecule has 0 aromatic rings. The van der Waals surface area contributed by atoms with Crippen LogP contribution in [0.5, 0.6) is 0 Å². The number of aliphatic carboxylic acids is 1. The van der Waals surface area contributed by atoms with Crippen molar-refractivity contribution in [2.75, 3.05) is 18.8 Å². The van der Waals surface area contributed by atoms with Gasteiger partial charge in [-0.05, 0) is 18.3 Å². The molecule has 6 heteroatoms. The van der Waals surface area contributed by atoms with Gasteiger partial charge in [0.1, 0.15) is 6.54 Å². The maximum absolute atomic E-state index is 12.0. The smallest absolute Gasteiger partial charge is 0.318 e. The van der Waals surface area contributed by atoms with Crippen molar-refractivity contribution in [3.05, 3.63) is 0 Å². The summed E-state index contributed by atoms with van der Waals surface area (Å²) in [5, 5.41) is 8.73. The third kappa shape index (κ3) is 7.33. The average Bonchev–Trinajstić information content (AvgIpc) is 2.12. The maximum Gasteiger partial charge on any atom is 0.318 e. The Kier molecular flexibility index (Phi) is 6.70. The van der Waals surface area contributed by atoms with Crippen molar-refractivity contribution >= 4 is 16.0 Å². The van der Waals surface area contributed by atoms with Crippen LogP contribution in [0.15, 0.2) is 0 Å². The normalized spacial score (nSPS) is 12.6. The molecule has 0 heterocycles. The van der Waals surface area contributed by atoms with Crippen molar-refractivity contribution in [2.45, 2.75) is 34.1 Å². The van der Waals surface area contributed by atoms with Gasteiger partial charge in [0.25, 0.3) is 0 Å². The van der Waals surface area contributed by atoms with Gasteiger partial charge >= 0.3 is 5.97 Å². The Hall–Kier alpha value is -0.620. The second-order valence-corrected chi connectivity index (χ2v) is 7.17. The first-order valence-corrected chi connectivity index (χ1v) is 7.45. The van der Waals surface area contributed by atoms with Gasteiger partial charge in [0.05, 0.1) is 5.75 Å². The molecule has 0 bridgehead atoms. The summed E-state index contributed by atoms with van der Waals surface area (Å²) in [5.74, 6) is -0.692. The topological polar surface area (TPSA) is 74.7 Å². The molecular weight excluding hydrogens is 242 g/mol. The summed E-state index contributed by atoms with van der Waals surface area (Å²) in [6.07, 6.45) is 0.552. The molecule has 0 aliphatic rings. The van der Waals surface area contributed by atoms with Crippen molar-refractivity contribution in [3.8, 4) is 0 Å². The minimum absolute atomic E-state index is 0.0185. The summed E-state index contributed by atoms with van der Waals surface area (Å²) >= 11 is 0. The number of rotatable bonds is 8. The van der Waals surface area contributed by atoms with Crippen LogP contribution < -0.4 is 0 Å².